The highest BCUT2D eigenvalue weighted by Gasteiger charge is 2.39. The molecule has 1 saturated heterocycles. The fraction of sp³-hybridized carbons (Fsp3) is 0.619. The van der Waals surface area contributed by atoms with Gasteiger partial charge in [0, 0.05) is 18.7 Å². The molecule has 0 aromatic heterocycles. The van der Waals surface area contributed by atoms with Crippen LogP contribution in [0.1, 0.15) is 73.2 Å². The second kappa shape index (κ2) is 7.78. The summed E-state index contributed by atoms with van der Waals surface area (Å²) in [5, 5.41) is 0. The van der Waals surface area contributed by atoms with Gasteiger partial charge < -0.3 is 9.74 Å². The number of carbonyl (C=O) groups is 2. The van der Waals surface area contributed by atoms with Crippen molar-refractivity contribution in [3.63, 3.8) is 0 Å². The highest BCUT2D eigenvalue weighted by Crippen LogP contribution is 2.38. The van der Waals surface area contributed by atoms with E-state index < -0.39 is 6.04 Å². The van der Waals surface area contributed by atoms with E-state index in [4.69, 9.17) is 4.84 Å². The Morgan fingerprint density at radius 1 is 1.00 bits per heavy atom. The minimum Gasteiger partial charge on any atom is -0.353 e. The Labute approximate surface area is 155 Å². The number of hydrogen-bond donors (Lipinski definition) is 1. The molecule has 1 atom stereocenters. The zero-order chi connectivity index (χ0) is 17.9. The highest BCUT2D eigenvalue weighted by atomic mass is 16.7. The maximum absolute atomic E-state index is 13.3. The Morgan fingerprint density at radius 2 is 1.69 bits per heavy atom. The largest absolute Gasteiger partial charge is 0.428 e. The lowest BCUT2D eigenvalue weighted by Crippen LogP contribution is -2.43. The van der Waals surface area contributed by atoms with Crippen molar-refractivity contribution in [1.82, 2.24) is 10.4 Å². The summed E-state index contributed by atoms with van der Waals surface area (Å²) in [6, 6.07) is 7.58. The summed E-state index contributed by atoms with van der Waals surface area (Å²) >= 11 is 0. The van der Waals surface area contributed by atoms with E-state index in [0.717, 1.165) is 57.2 Å². The number of nitrogens with zero attached hydrogens (tertiary/aromatic N) is 1. The molecule has 5 heteroatoms. The predicted molar refractivity (Wildman–Crippen MR) is 98.9 cm³/mol. The van der Waals surface area contributed by atoms with Crippen LogP contribution in [-0.2, 0) is 4.84 Å². The number of hydroxylamine groups is 1. The molecule has 0 unspecified atom stereocenters. The van der Waals surface area contributed by atoms with E-state index >= 15 is 0 Å². The number of hydrogen-bond acceptors (Lipinski definition) is 4. The lowest BCUT2D eigenvalue weighted by Gasteiger charge is -2.22. The van der Waals surface area contributed by atoms with Gasteiger partial charge in [-0.15, -0.1) is 5.48 Å². The van der Waals surface area contributed by atoms with Gasteiger partial charge in [0.15, 0.2) is 5.78 Å². The molecule has 1 aliphatic heterocycles. The maximum atomic E-state index is 13.3. The summed E-state index contributed by atoms with van der Waals surface area (Å²) in [6.07, 6.45) is 8.52. The molecule has 3 fully saturated rings. The first-order valence-electron chi connectivity index (χ1n) is 10.1. The van der Waals surface area contributed by atoms with Crippen LogP contribution in [-0.4, -0.2) is 35.9 Å². The average molecular weight is 356 g/mol. The molecule has 2 aliphatic carbocycles. The first-order chi connectivity index (χ1) is 12.7. The van der Waals surface area contributed by atoms with Gasteiger partial charge in [0.1, 0.15) is 6.04 Å². The second-order valence-corrected chi connectivity index (χ2v) is 7.93. The van der Waals surface area contributed by atoms with Crippen LogP contribution in [0.15, 0.2) is 24.3 Å². The van der Waals surface area contributed by atoms with E-state index in [1.165, 1.54) is 18.4 Å². The van der Waals surface area contributed by atoms with E-state index in [0.29, 0.717) is 5.92 Å². The third kappa shape index (κ3) is 3.78. The van der Waals surface area contributed by atoms with E-state index in [1.807, 2.05) is 18.2 Å². The standard InChI is InChI=1S/C21H28N2O3/c24-20(18-10-4-3-9-17(18)15-7-1-2-8-15)19(16-11-12-16)22-26-21(25)23-13-5-6-14-23/h3-4,9-10,15-16,19,22H,1-2,5-8,11-14H2/t19-/m0/s1. The first-order valence-corrected chi connectivity index (χ1v) is 10.1. The van der Waals surface area contributed by atoms with Crippen LogP contribution in [0.5, 0.6) is 0 Å². The summed E-state index contributed by atoms with van der Waals surface area (Å²) in [7, 11) is 0. The minimum absolute atomic E-state index is 0.0734. The summed E-state index contributed by atoms with van der Waals surface area (Å²) in [4.78, 5) is 32.4. The van der Waals surface area contributed by atoms with Crippen LogP contribution < -0.4 is 5.48 Å². The lowest BCUT2D eigenvalue weighted by atomic mass is 9.88. The number of carbonyl (C=O) groups excluding carboxylic acids is 2. The SMILES string of the molecule is O=C(c1ccccc1C1CCCC1)[C@@H](NOC(=O)N1CCCC1)C1CC1. The van der Waals surface area contributed by atoms with Crippen molar-refractivity contribution in [2.45, 2.75) is 63.3 Å². The topological polar surface area (TPSA) is 58.6 Å². The molecule has 3 aliphatic rings. The van der Waals surface area contributed by atoms with Crippen LogP contribution in [0.25, 0.3) is 0 Å². The zero-order valence-corrected chi connectivity index (χ0v) is 15.3. The van der Waals surface area contributed by atoms with Crippen molar-refractivity contribution in [3.05, 3.63) is 35.4 Å². The van der Waals surface area contributed by atoms with Gasteiger partial charge >= 0.3 is 6.09 Å². The molecule has 5 nitrogen and oxygen atoms in total. The Morgan fingerprint density at radius 3 is 2.38 bits per heavy atom. The molecule has 2 saturated carbocycles. The number of rotatable bonds is 6. The second-order valence-electron chi connectivity index (χ2n) is 7.93. The summed E-state index contributed by atoms with van der Waals surface area (Å²) in [6.45, 7) is 1.49. The smallest absolute Gasteiger partial charge is 0.353 e. The van der Waals surface area contributed by atoms with E-state index in [1.54, 1.807) is 4.90 Å². The quantitative estimate of drug-likeness (QED) is 0.617. The predicted octanol–water partition coefficient (Wildman–Crippen LogP) is 4.04. The number of nitrogens with one attached hydrogen (secondary N) is 1. The van der Waals surface area contributed by atoms with Crippen LogP contribution in [0.2, 0.25) is 0 Å². The van der Waals surface area contributed by atoms with Crippen LogP contribution in [0, 0.1) is 5.92 Å². The van der Waals surface area contributed by atoms with Gasteiger partial charge in [-0.05, 0) is 55.9 Å². The van der Waals surface area contributed by atoms with E-state index in [2.05, 4.69) is 11.5 Å². The van der Waals surface area contributed by atoms with Crippen molar-refractivity contribution in [2.75, 3.05) is 13.1 Å². The van der Waals surface area contributed by atoms with Crippen molar-refractivity contribution >= 4 is 11.9 Å². The van der Waals surface area contributed by atoms with E-state index in [9.17, 15) is 9.59 Å². The maximum Gasteiger partial charge on any atom is 0.428 e. The number of ketones is 1. The molecular formula is C21H28N2O3. The summed E-state index contributed by atoms with van der Waals surface area (Å²) < 4.78 is 0. The minimum atomic E-state index is -0.427. The van der Waals surface area contributed by atoms with Gasteiger partial charge in [-0.25, -0.2) is 4.79 Å². The normalized spacial score (nSPS) is 21.8. The molecule has 0 spiro atoms. The van der Waals surface area contributed by atoms with Crippen LogP contribution in [0.4, 0.5) is 4.79 Å². The fourth-order valence-electron chi connectivity index (χ4n) is 4.35. The van der Waals surface area contributed by atoms with Gasteiger partial charge in [0.05, 0.1) is 0 Å². The lowest BCUT2D eigenvalue weighted by molar-refractivity contribution is 0.0368. The Hall–Kier alpha value is -1.88. The molecule has 0 bridgehead atoms. The molecule has 1 aromatic carbocycles. The number of likely N-dealkylation sites (tertiary alicyclic amines) is 1. The fourth-order valence-corrected chi connectivity index (χ4v) is 4.35. The number of benzene rings is 1. The molecule has 1 amide bonds. The number of amides is 1. The molecule has 1 heterocycles. The van der Waals surface area contributed by atoms with Crippen molar-refractivity contribution in [2.24, 2.45) is 5.92 Å². The van der Waals surface area contributed by atoms with Gasteiger partial charge in [-0.3, -0.25) is 4.79 Å². The highest BCUT2D eigenvalue weighted by molar-refractivity contribution is 6.02. The molecule has 4 rings (SSSR count). The molecular weight excluding hydrogens is 328 g/mol. The molecule has 140 valence electrons. The number of Topliss-reactive ketones (excluding diaryl/α,β-unsaturated/α-hetero) is 1. The summed E-state index contributed by atoms with van der Waals surface area (Å²) in [5.74, 6) is 0.830. The van der Waals surface area contributed by atoms with Crippen molar-refractivity contribution < 1.29 is 14.4 Å². The molecule has 26 heavy (non-hydrogen) atoms. The van der Waals surface area contributed by atoms with Crippen molar-refractivity contribution in [1.29, 1.82) is 0 Å². The Balaban J connectivity index is 1.46. The van der Waals surface area contributed by atoms with Gasteiger partial charge in [0.25, 0.3) is 0 Å². The zero-order valence-electron chi connectivity index (χ0n) is 15.3. The molecule has 0 radical (unpaired) electrons. The third-order valence-electron chi connectivity index (χ3n) is 6.03. The third-order valence-corrected chi connectivity index (χ3v) is 6.03. The Kier molecular flexibility index (Phi) is 5.25. The van der Waals surface area contributed by atoms with Gasteiger partial charge in [0.2, 0.25) is 0 Å². The van der Waals surface area contributed by atoms with Crippen LogP contribution >= 0.6 is 0 Å². The average Bonchev–Trinajstić information content (AvgIpc) is 3.15. The van der Waals surface area contributed by atoms with Crippen molar-refractivity contribution in [3.8, 4) is 0 Å². The van der Waals surface area contributed by atoms with Crippen LogP contribution in [0.3, 0.4) is 0 Å². The Bertz CT molecular complexity index is 659. The molecule has 1 N–H and O–H groups in total. The van der Waals surface area contributed by atoms with Gasteiger partial charge in [-0.1, -0.05) is 37.1 Å². The summed E-state index contributed by atoms with van der Waals surface area (Å²) in [5.41, 5.74) is 4.81. The monoisotopic (exact) mass is 356 g/mol. The van der Waals surface area contributed by atoms with Gasteiger partial charge in [-0.2, -0.15) is 0 Å². The first kappa shape index (κ1) is 17.5. The van der Waals surface area contributed by atoms with E-state index in [-0.39, 0.29) is 17.8 Å². The molecule has 1 aromatic rings.